The highest BCUT2D eigenvalue weighted by molar-refractivity contribution is 5.94. The van der Waals surface area contributed by atoms with E-state index in [1.54, 1.807) is 12.1 Å². The smallest absolute Gasteiger partial charge is 0.277 e. The Morgan fingerprint density at radius 1 is 1.48 bits per heavy atom. The normalized spacial score (nSPS) is 10.5. The van der Waals surface area contributed by atoms with Crippen LogP contribution in [0.15, 0.2) is 47.8 Å². The van der Waals surface area contributed by atoms with Crippen molar-refractivity contribution in [3.05, 3.63) is 59.1 Å². The number of pyridine rings is 1. The zero-order chi connectivity index (χ0) is 15.2. The van der Waals surface area contributed by atoms with Crippen LogP contribution in [0.1, 0.15) is 15.9 Å². The summed E-state index contributed by atoms with van der Waals surface area (Å²) in [4.78, 5) is 11.7. The van der Waals surface area contributed by atoms with Crippen molar-refractivity contribution < 1.29 is 19.4 Å². The molecule has 0 saturated carbocycles. The van der Waals surface area contributed by atoms with Gasteiger partial charge in [0.2, 0.25) is 0 Å². The fourth-order valence-corrected chi connectivity index (χ4v) is 1.61. The van der Waals surface area contributed by atoms with Crippen LogP contribution in [0.2, 0.25) is 0 Å². The number of hydrogen-bond acceptors (Lipinski definition) is 5. The summed E-state index contributed by atoms with van der Waals surface area (Å²) in [6.07, 6.45) is 3.79. The van der Waals surface area contributed by atoms with Gasteiger partial charge in [-0.15, -0.1) is 0 Å². The summed E-state index contributed by atoms with van der Waals surface area (Å²) in [6.45, 7) is 0. The molecule has 7 heteroatoms. The number of benzene rings is 1. The lowest BCUT2D eigenvalue weighted by Crippen LogP contribution is -2.28. The Kier molecular flexibility index (Phi) is 4.35. The summed E-state index contributed by atoms with van der Waals surface area (Å²) in [7, 11) is 1.45. The lowest BCUT2D eigenvalue weighted by molar-refractivity contribution is -0.605. The monoisotopic (exact) mass is 287 g/mol. The summed E-state index contributed by atoms with van der Waals surface area (Å²) in [5.74, 6) is -0.183. The van der Waals surface area contributed by atoms with Crippen molar-refractivity contribution in [1.29, 1.82) is 0 Å². The molecule has 0 unspecified atom stereocenters. The first kappa shape index (κ1) is 14.3. The van der Waals surface area contributed by atoms with Crippen LogP contribution in [-0.4, -0.2) is 24.3 Å². The second-order valence-corrected chi connectivity index (χ2v) is 4.08. The number of hydrogen-bond donors (Lipinski definition) is 2. The number of nitrogens with zero attached hydrogens (tertiary/aromatic N) is 2. The van der Waals surface area contributed by atoms with Crippen LogP contribution in [0, 0.1) is 5.21 Å². The van der Waals surface area contributed by atoms with Gasteiger partial charge < -0.3 is 15.1 Å². The zero-order valence-electron chi connectivity index (χ0n) is 11.2. The highest BCUT2D eigenvalue weighted by atomic mass is 16.5. The third-order valence-corrected chi connectivity index (χ3v) is 2.62. The maximum Gasteiger partial charge on any atom is 0.277 e. The molecule has 2 N–H and O–H groups in total. The SMILES string of the molecule is COc1ccc(C=NNC(=O)c2ccc[n+]([O-])c2)cc1O. The van der Waals surface area contributed by atoms with Gasteiger partial charge in [-0.3, -0.25) is 4.79 Å². The van der Waals surface area contributed by atoms with Crippen LogP contribution >= 0.6 is 0 Å². The van der Waals surface area contributed by atoms with E-state index in [9.17, 15) is 15.1 Å². The molecule has 1 heterocycles. The van der Waals surface area contributed by atoms with Crippen molar-refractivity contribution >= 4 is 12.1 Å². The average Bonchev–Trinajstić information content (AvgIpc) is 2.47. The number of methoxy groups -OCH3 is 1. The molecule has 2 aromatic rings. The number of hydrazone groups is 1. The van der Waals surface area contributed by atoms with Gasteiger partial charge in [-0.2, -0.15) is 9.83 Å². The van der Waals surface area contributed by atoms with Gasteiger partial charge in [-0.1, -0.05) is 0 Å². The predicted molar refractivity (Wildman–Crippen MR) is 75.1 cm³/mol. The van der Waals surface area contributed by atoms with Crippen LogP contribution < -0.4 is 14.9 Å². The molecule has 1 aromatic carbocycles. The van der Waals surface area contributed by atoms with Crippen LogP contribution in [0.3, 0.4) is 0 Å². The Labute approximate surface area is 120 Å². The van der Waals surface area contributed by atoms with Gasteiger partial charge in [0.15, 0.2) is 23.9 Å². The minimum atomic E-state index is -0.505. The first-order chi connectivity index (χ1) is 10.1. The number of aromatic nitrogens is 1. The Bertz CT molecular complexity index is 686. The van der Waals surface area contributed by atoms with E-state index < -0.39 is 5.91 Å². The lowest BCUT2D eigenvalue weighted by atomic mass is 10.2. The summed E-state index contributed by atoms with van der Waals surface area (Å²) < 4.78 is 5.44. The Morgan fingerprint density at radius 3 is 2.95 bits per heavy atom. The summed E-state index contributed by atoms with van der Waals surface area (Å²) >= 11 is 0. The van der Waals surface area contributed by atoms with E-state index in [2.05, 4.69) is 10.5 Å². The number of rotatable bonds is 4. The molecule has 1 aromatic heterocycles. The van der Waals surface area contributed by atoms with Crippen LogP contribution in [0.4, 0.5) is 0 Å². The van der Waals surface area contributed by atoms with Gasteiger partial charge in [0, 0.05) is 6.07 Å². The summed E-state index contributed by atoms with van der Waals surface area (Å²) in [5, 5.41) is 24.4. The molecule has 0 spiro atoms. The van der Waals surface area contributed by atoms with Crippen molar-refractivity contribution in [3.8, 4) is 11.5 Å². The second kappa shape index (κ2) is 6.38. The molecule has 0 saturated heterocycles. The summed E-state index contributed by atoms with van der Waals surface area (Å²) in [6, 6.07) is 7.66. The zero-order valence-corrected chi connectivity index (χ0v) is 11.2. The number of aromatic hydroxyl groups is 1. The maximum atomic E-state index is 11.7. The molecule has 0 aliphatic heterocycles. The molecule has 0 aliphatic carbocycles. The topological polar surface area (TPSA) is 97.9 Å². The lowest BCUT2D eigenvalue weighted by Gasteiger charge is -2.03. The van der Waals surface area contributed by atoms with Crippen LogP contribution in [-0.2, 0) is 0 Å². The molecular weight excluding hydrogens is 274 g/mol. The molecule has 108 valence electrons. The quantitative estimate of drug-likeness (QED) is 0.376. The first-order valence-corrected chi connectivity index (χ1v) is 5.99. The van der Waals surface area contributed by atoms with Gasteiger partial charge in [-0.05, 0) is 29.8 Å². The fourth-order valence-electron chi connectivity index (χ4n) is 1.61. The molecule has 7 nitrogen and oxygen atoms in total. The highest BCUT2D eigenvalue weighted by Gasteiger charge is 2.07. The van der Waals surface area contributed by atoms with E-state index in [1.807, 2.05) is 0 Å². The van der Waals surface area contributed by atoms with Crippen molar-refractivity contribution in [1.82, 2.24) is 5.43 Å². The van der Waals surface area contributed by atoms with Crippen LogP contribution in [0.5, 0.6) is 11.5 Å². The maximum absolute atomic E-state index is 11.7. The number of nitrogens with one attached hydrogen (secondary N) is 1. The van der Waals surface area contributed by atoms with Crippen molar-refractivity contribution in [2.45, 2.75) is 0 Å². The number of amides is 1. The van der Waals surface area contributed by atoms with Crippen molar-refractivity contribution in [2.75, 3.05) is 7.11 Å². The first-order valence-electron chi connectivity index (χ1n) is 5.99. The molecular formula is C14H13N3O4. The van der Waals surface area contributed by atoms with E-state index in [-0.39, 0.29) is 11.3 Å². The summed E-state index contributed by atoms with van der Waals surface area (Å²) in [5.41, 5.74) is 3.07. The van der Waals surface area contributed by atoms with Crippen molar-refractivity contribution in [2.24, 2.45) is 5.10 Å². The van der Waals surface area contributed by atoms with Gasteiger partial charge in [0.1, 0.15) is 5.56 Å². The van der Waals surface area contributed by atoms with E-state index in [0.717, 1.165) is 6.20 Å². The molecule has 1 amide bonds. The molecule has 0 radical (unpaired) electrons. The molecule has 21 heavy (non-hydrogen) atoms. The van der Waals surface area contributed by atoms with Gasteiger partial charge >= 0.3 is 0 Å². The molecule has 0 atom stereocenters. The second-order valence-electron chi connectivity index (χ2n) is 4.08. The highest BCUT2D eigenvalue weighted by Crippen LogP contribution is 2.25. The standard InChI is InChI=1S/C14H13N3O4/c1-21-13-5-4-10(7-12(13)18)8-15-16-14(19)11-3-2-6-17(20)9-11/h2-9,18H,1H3,(H,16,19). The molecule has 0 aliphatic rings. The minimum absolute atomic E-state index is 0.0248. The van der Waals surface area contributed by atoms with Gasteiger partial charge in [0.05, 0.1) is 13.3 Å². The van der Waals surface area contributed by atoms with Gasteiger partial charge in [0.25, 0.3) is 5.91 Å². The third-order valence-electron chi connectivity index (χ3n) is 2.62. The molecule has 0 bridgehead atoms. The van der Waals surface area contributed by atoms with E-state index in [4.69, 9.17) is 4.74 Å². The molecule has 0 fully saturated rings. The van der Waals surface area contributed by atoms with E-state index in [1.165, 1.54) is 37.7 Å². The van der Waals surface area contributed by atoms with E-state index in [0.29, 0.717) is 16.0 Å². The Balaban J connectivity index is 2.02. The predicted octanol–water partition coefficient (Wildman–Crippen LogP) is 0.798. The largest absolute Gasteiger partial charge is 0.619 e. The van der Waals surface area contributed by atoms with E-state index >= 15 is 0 Å². The molecule has 2 rings (SSSR count). The number of phenols is 1. The average molecular weight is 287 g/mol. The minimum Gasteiger partial charge on any atom is -0.619 e. The van der Waals surface area contributed by atoms with Crippen LogP contribution in [0.25, 0.3) is 0 Å². The fraction of sp³-hybridized carbons (Fsp3) is 0.0714. The number of phenolic OH excluding ortho intramolecular Hbond substituents is 1. The van der Waals surface area contributed by atoms with Crippen molar-refractivity contribution in [3.63, 3.8) is 0 Å². The number of carbonyl (C=O) groups excluding carboxylic acids is 1. The number of carbonyl (C=O) groups is 1. The van der Waals surface area contributed by atoms with Gasteiger partial charge in [-0.25, -0.2) is 5.43 Å². The third kappa shape index (κ3) is 3.69. The Morgan fingerprint density at radius 2 is 2.29 bits per heavy atom. The number of ether oxygens (including phenoxy) is 1. The Hall–Kier alpha value is -3.09.